The van der Waals surface area contributed by atoms with Crippen molar-refractivity contribution in [2.45, 2.75) is 78.6 Å². The van der Waals surface area contributed by atoms with Crippen molar-refractivity contribution in [3.05, 3.63) is 28.8 Å². The number of rotatable bonds is 8. The fourth-order valence-corrected chi connectivity index (χ4v) is 3.95. The van der Waals surface area contributed by atoms with Crippen molar-refractivity contribution in [3.63, 3.8) is 0 Å². The second-order valence-corrected chi connectivity index (χ2v) is 7.36. The van der Waals surface area contributed by atoms with Gasteiger partial charge >= 0.3 is 0 Å². The second kappa shape index (κ2) is 9.39. The maximum atomic E-state index is 14.4. The normalized spacial score (nSPS) is 21.0. The lowest BCUT2D eigenvalue weighted by Gasteiger charge is -2.28. The quantitative estimate of drug-likeness (QED) is 0.519. The molecule has 24 heavy (non-hydrogen) atoms. The molecule has 136 valence electrons. The predicted octanol–water partition coefficient (Wildman–Crippen LogP) is 6.60. The predicted molar refractivity (Wildman–Crippen MR) is 95.6 cm³/mol. The van der Waals surface area contributed by atoms with E-state index in [2.05, 4.69) is 6.92 Å². The van der Waals surface area contributed by atoms with Crippen LogP contribution in [0, 0.1) is 30.4 Å². The van der Waals surface area contributed by atoms with Gasteiger partial charge < -0.3 is 4.74 Å². The number of benzene rings is 1. The molecule has 1 saturated carbocycles. The highest BCUT2D eigenvalue weighted by atomic mass is 19.2. The van der Waals surface area contributed by atoms with E-state index in [0.717, 1.165) is 24.3 Å². The van der Waals surface area contributed by atoms with Crippen LogP contribution in [0.5, 0.6) is 5.75 Å². The molecule has 1 aliphatic carbocycles. The Bertz CT molecular complexity index is 519. The van der Waals surface area contributed by atoms with Crippen LogP contribution < -0.4 is 4.74 Å². The van der Waals surface area contributed by atoms with Crippen molar-refractivity contribution in [2.75, 3.05) is 6.61 Å². The third-order valence-electron chi connectivity index (χ3n) is 5.43. The first-order valence-electron chi connectivity index (χ1n) is 9.67. The van der Waals surface area contributed by atoms with E-state index in [1.807, 2.05) is 13.8 Å². The Kier molecular flexibility index (Phi) is 7.51. The number of ether oxygens (including phenoxy) is 1. The smallest absolute Gasteiger partial charge is 0.200 e. The number of hydrogen-bond acceptors (Lipinski definition) is 1. The Balaban J connectivity index is 1.94. The summed E-state index contributed by atoms with van der Waals surface area (Å²) in [6.45, 7) is 6.47. The van der Waals surface area contributed by atoms with E-state index in [1.165, 1.54) is 38.5 Å². The Morgan fingerprint density at radius 2 is 1.58 bits per heavy atom. The van der Waals surface area contributed by atoms with Crippen LogP contribution in [-0.2, 0) is 6.42 Å². The summed E-state index contributed by atoms with van der Waals surface area (Å²) in [6, 6.07) is 1.65. The van der Waals surface area contributed by atoms with Gasteiger partial charge in [-0.1, -0.05) is 52.4 Å². The van der Waals surface area contributed by atoms with Crippen molar-refractivity contribution >= 4 is 0 Å². The molecule has 1 fully saturated rings. The fraction of sp³-hybridized carbons (Fsp3) is 0.714. The summed E-state index contributed by atoms with van der Waals surface area (Å²) in [4.78, 5) is 0. The Labute approximate surface area is 145 Å². The van der Waals surface area contributed by atoms with E-state index in [-0.39, 0.29) is 5.75 Å². The molecule has 2 rings (SSSR count). The molecule has 1 aromatic rings. The Morgan fingerprint density at radius 3 is 2.17 bits per heavy atom. The Morgan fingerprint density at radius 1 is 0.958 bits per heavy atom. The van der Waals surface area contributed by atoms with Crippen LogP contribution >= 0.6 is 0 Å². The van der Waals surface area contributed by atoms with Gasteiger partial charge in [0.15, 0.2) is 11.6 Å². The van der Waals surface area contributed by atoms with Gasteiger partial charge in [-0.25, -0.2) is 4.39 Å². The average Bonchev–Trinajstić information content (AvgIpc) is 2.58. The molecule has 3 heteroatoms. The SMILES string of the molecule is CCCOc1cc(C)c(CCC2CCC(CCC)CC2)c(F)c1F. The maximum absolute atomic E-state index is 14.4. The van der Waals surface area contributed by atoms with Crippen LogP contribution in [0.1, 0.15) is 76.3 Å². The van der Waals surface area contributed by atoms with E-state index in [9.17, 15) is 8.78 Å². The van der Waals surface area contributed by atoms with Crippen molar-refractivity contribution in [1.29, 1.82) is 0 Å². The molecule has 1 nitrogen and oxygen atoms in total. The van der Waals surface area contributed by atoms with Crippen LogP contribution in [0.2, 0.25) is 0 Å². The van der Waals surface area contributed by atoms with Gasteiger partial charge in [0.2, 0.25) is 5.82 Å². The van der Waals surface area contributed by atoms with Gasteiger partial charge in [-0.3, -0.25) is 0 Å². The number of hydrogen-bond donors (Lipinski definition) is 0. The van der Waals surface area contributed by atoms with Crippen LogP contribution in [0.15, 0.2) is 6.07 Å². The number of halogens is 2. The first-order chi connectivity index (χ1) is 11.6. The zero-order chi connectivity index (χ0) is 17.5. The molecule has 0 saturated heterocycles. The van der Waals surface area contributed by atoms with Crippen LogP contribution in [0.4, 0.5) is 8.78 Å². The van der Waals surface area contributed by atoms with Crippen LogP contribution in [0.3, 0.4) is 0 Å². The molecule has 0 bridgehead atoms. The molecule has 0 amide bonds. The summed E-state index contributed by atoms with van der Waals surface area (Å²) < 4.78 is 33.9. The minimum atomic E-state index is -0.823. The molecular weight excluding hydrogens is 306 g/mol. The van der Waals surface area contributed by atoms with Crippen molar-refractivity contribution < 1.29 is 13.5 Å². The van der Waals surface area contributed by atoms with Crippen LogP contribution in [0.25, 0.3) is 0 Å². The maximum Gasteiger partial charge on any atom is 0.200 e. The van der Waals surface area contributed by atoms with Gasteiger partial charge in [-0.15, -0.1) is 0 Å². The molecule has 0 atom stereocenters. The zero-order valence-electron chi connectivity index (χ0n) is 15.5. The molecule has 0 heterocycles. The lowest BCUT2D eigenvalue weighted by molar-refractivity contribution is 0.251. The van der Waals surface area contributed by atoms with Crippen molar-refractivity contribution in [1.82, 2.24) is 0 Å². The highest BCUT2D eigenvalue weighted by Gasteiger charge is 2.22. The van der Waals surface area contributed by atoms with Gasteiger partial charge in [-0.05, 0) is 55.2 Å². The standard InChI is InChI=1S/C21H32F2O/c1-4-6-16-7-9-17(10-8-16)11-12-18-15(3)14-19(24-13-5-2)21(23)20(18)22/h14,16-17H,4-13H2,1-3H3. The van der Waals surface area contributed by atoms with E-state index in [1.54, 1.807) is 6.07 Å². The molecule has 0 N–H and O–H groups in total. The van der Waals surface area contributed by atoms with Crippen molar-refractivity contribution in [2.24, 2.45) is 11.8 Å². The van der Waals surface area contributed by atoms with Gasteiger partial charge in [0, 0.05) is 0 Å². The molecule has 0 radical (unpaired) electrons. The van der Waals surface area contributed by atoms with E-state index < -0.39 is 11.6 Å². The summed E-state index contributed by atoms with van der Waals surface area (Å²) in [6.07, 6.45) is 10.1. The largest absolute Gasteiger partial charge is 0.490 e. The highest BCUT2D eigenvalue weighted by molar-refractivity contribution is 5.38. The molecular formula is C21H32F2O. The van der Waals surface area contributed by atoms with Crippen molar-refractivity contribution in [3.8, 4) is 5.75 Å². The second-order valence-electron chi connectivity index (χ2n) is 7.36. The molecule has 0 spiro atoms. The summed E-state index contributed by atoms with van der Waals surface area (Å²) >= 11 is 0. The molecule has 1 aliphatic rings. The molecule has 1 aromatic carbocycles. The highest BCUT2D eigenvalue weighted by Crippen LogP contribution is 2.35. The average molecular weight is 338 g/mol. The first kappa shape index (κ1) is 19.2. The minimum Gasteiger partial charge on any atom is -0.490 e. The lowest BCUT2D eigenvalue weighted by Crippen LogP contribution is -2.15. The van der Waals surface area contributed by atoms with Gasteiger partial charge in [0.05, 0.1) is 6.61 Å². The summed E-state index contributed by atoms with van der Waals surface area (Å²) in [5.41, 5.74) is 1.34. The Hall–Kier alpha value is -1.12. The zero-order valence-corrected chi connectivity index (χ0v) is 15.5. The van der Waals surface area contributed by atoms with Crippen LogP contribution in [-0.4, -0.2) is 6.61 Å². The molecule has 0 unspecified atom stereocenters. The van der Waals surface area contributed by atoms with E-state index >= 15 is 0 Å². The lowest BCUT2D eigenvalue weighted by atomic mass is 9.78. The van der Waals surface area contributed by atoms with Gasteiger partial charge in [-0.2, -0.15) is 4.39 Å². The van der Waals surface area contributed by atoms with E-state index in [4.69, 9.17) is 4.74 Å². The molecule has 0 aliphatic heterocycles. The first-order valence-corrected chi connectivity index (χ1v) is 9.67. The monoisotopic (exact) mass is 338 g/mol. The number of aryl methyl sites for hydroxylation is 1. The fourth-order valence-electron chi connectivity index (χ4n) is 3.95. The third kappa shape index (κ3) is 4.94. The van der Waals surface area contributed by atoms with Gasteiger partial charge in [0.1, 0.15) is 0 Å². The minimum absolute atomic E-state index is 0.0515. The topological polar surface area (TPSA) is 9.23 Å². The van der Waals surface area contributed by atoms with Gasteiger partial charge in [0.25, 0.3) is 0 Å². The third-order valence-corrected chi connectivity index (χ3v) is 5.43. The van der Waals surface area contributed by atoms with E-state index in [0.29, 0.717) is 24.5 Å². The summed E-state index contributed by atoms with van der Waals surface area (Å²) in [7, 11) is 0. The summed E-state index contributed by atoms with van der Waals surface area (Å²) in [5, 5.41) is 0. The molecule has 0 aromatic heterocycles. The summed E-state index contributed by atoms with van der Waals surface area (Å²) in [5.74, 6) is 0.0697.